The normalized spacial score (nSPS) is 21.9. The Kier molecular flexibility index (Phi) is 5.46. The molecular formula is C15H26N4O. The Balaban J connectivity index is 2.14. The molecule has 0 bridgehead atoms. The molecule has 1 aromatic rings. The van der Waals surface area contributed by atoms with E-state index in [-0.39, 0.29) is 12.1 Å². The molecule has 20 heavy (non-hydrogen) atoms. The predicted octanol–water partition coefficient (Wildman–Crippen LogP) is 1.46. The molecule has 1 aromatic heterocycles. The van der Waals surface area contributed by atoms with Crippen molar-refractivity contribution in [2.75, 3.05) is 26.2 Å². The molecule has 2 rings (SSSR count). The van der Waals surface area contributed by atoms with Crippen LogP contribution in [0.3, 0.4) is 0 Å². The number of morpholine rings is 1. The van der Waals surface area contributed by atoms with Crippen LogP contribution in [0.4, 0.5) is 0 Å². The van der Waals surface area contributed by atoms with E-state index in [0.29, 0.717) is 0 Å². The fourth-order valence-corrected chi connectivity index (χ4v) is 2.47. The molecule has 0 amide bonds. The van der Waals surface area contributed by atoms with E-state index in [1.165, 1.54) is 0 Å². The van der Waals surface area contributed by atoms with Gasteiger partial charge >= 0.3 is 0 Å². The Bertz CT molecular complexity index is 438. The van der Waals surface area contributed by atoms with Crippen molar-refractivity contribution in [3.05, 3.63) is 23.3 Å². The van der Waals surface area contributed by atoms with Gasteiger partial charge in [0.1, 0.15) is 6.10 Å². The number of hydrogen-bond acceptors (Lipinski definition) is 5. The third-order valence-electron chi connectivity index (χ3n) is 3.81. The van der Waals surface area contributed by atoms with Gasteiger partial charge in [-0.1, -0.05) is 13.8 Å². The highest BCUT2D eigenvalue weighted by atomic mass is 16.5. The van der Waals surface area contributed by atoms with Gasteiger partial charge in [-0.25, -0.2) is 9.97 Å². The molecule has 5 nitrogen and oxygen atoms in total. The van der Waals surface area contributed by atoms with Gasteiger partial charge in [0.15, 0.2) is 5.82 Å². The molecule has 1 aliphatic heterocycles. The van der Waals surface area contributed by atoms with Crippen LogP contribution < -0.4 is 5.73 Å². The third-order valence-corrected chi connectivity index (χ3v) is 3.81. The minimum absolute atomic E-state index is 0.0137. The van der Waals surface area contributed by atoms with Crippen LogP contribution in [0.15, 0.2) is 6.07 Å². The van der Waals surface area contributed by atoms with Crippen molar-refractivity contribution in [2.45, 2.75) is 45.8 Å². The van der Waals surface area contributed by atoms with Crippen molar-refractivity contribution in [3.8, 4) is 0 Å². The fraction of sp³-hybridized carbons (Fsp3) is 0.733. The van der Waals surface area contributed by atoms with E-state index < -0.39 is 0 Å². The van der Waals surface area contributed by atoms with Crippen LogP contribution in [-0.2, 0) is 11.2 Å². The van der Waals surface area contributed by atoms with Crippen molar-refractivity contribution in [3.63, 3.8) is 0 Å². The molecule has 1 aliphatic rings. The molecule has 2 heterocycles. The zero-order chi connectivity index (χ0) is 14.5. The molecule has 0 spiro atoms. The van der Waals surface area contributed by atoms with Gasteiger partial charge in [0, 0.05) is 36.9 Å². The zero-order valence-corrected chi connectivity index (χ0v) is 12.8. The molecule has 112 valence electrons. The van der Waals surface area contributed by atoms with Gasteiger partial charge in [-0.05, 0) is 26.0 Å². The van der Waals surface area contributed by atoms with Crippen molar-refractivity contribution in [2.24, 2.45) is 5.73 Å². The van der Waals surface area contributed by atoms with Crippen LogP contribution in [0.2, 0.25) is 0 Å². The van der Waals surface area contributed by atoms with Gasteiger partial charge in [-0.2, -0.15) is 0 Å². The molecule has 1 fully saturated rings. The van der Waals surface area contributed by atoms with Crippen LogP contribution in [0.1, 0.15) is 43.6 Å². The smallest absolute Gasteiger partial charge is 0.158 e. The average Bonchev–Trinajstić information content (AvgIpc) is 2.46. The molecular weight excluding hydrogens is 252 g/mol. The summed E-state index contributed by atoms with van der Waals surface area (Å²) in [7, 11) is 0. The number of hydrogen-bond donors (Lipinski definition) is 1. The highest BCUT2D eigenvalue weighted by Gasteiger charge is 2.23. The lowest BCUT2D eigenvalue weighted by Crippen LogP contribution is -2.38. The Morgan fingerprint density at radius 3 is 2.95 bits per heavy atom. The SMILES string of the molecule is CCC(N)Cc1cc(C)nc(C2CN(CC)CCO2)n1. The second-order valence-corrected chi connectivity index (χ2v) is 5.48. The zero-order valence-electron chi connectivity index (χ0n) is 12.8. The van der Waals surface area contributed by atoms with Gasteiger partial charge < -0.3 is 10.5 Å². The lowest BCUT2D eigenvalue weighted by atomic mass is 10.1. The lowest BCUT2D eigenvalue weighted by Gasteiger charge is -2.31. The summed E-state index contributed by atoms with van der Waals surface area (Å²) in [5.74, 6) is 0.807. The minimum atomic E-state index is -0.0137. The second-order valence-electron chi connectivity index (χ2n) is 5.48. The lowest BCUT2D eigenvalue weighted by molar-refractivity contribution is -0.0327. The van der Waals surface area contributed by atoms with E-state index in [0.717, 1.165) is 56.3 Å². The van der Waals surface area contributed by atoms with Crippen LogP contribution in [0, 0.1) is 6.92 Å². The van der Waals surface area contributed by atoms with Gasteiger partial charge in [0.05, 0.1) is 6.61 Å². The number of aromatic nitrogens is 2. The number of likely N-dealkylation sites (N-methyl/N-ethyl adjacent to an activating group) is 1. The van der Waals surface area contributed by atoms with Crippen molar-refractivity contribution in [1.29, 1.82) is 0 Å². The summed E-state index contributed by atoms with van der Waals surface area (Å²) in [5.41, 5.74) is 8.05. The monoisotopic (exact) mass is 278 g/mol. The molecule has 0 aromatic carbocycles. The van der Waals surface area contributed by atoms with E-state index >= 15 is 0 Å². The number of ether oxygens (including phenoxy) is 1. The Hall–Kier alpha value is -1.04. The van der Waals surface area contributed by atoms with Crippen molar-refractivity contribution < 1.29 is 4.74 Å². The van der Waals surface area contributed by atoms with E-state index in [9.17, 15) is 0 Å². The molecule has 1 saturated heterocycles. The number of nitrogens with zero attached hydrogens (tertiary/aromatic N) is 3. The molecule has 0 saturated carbocycles. The highest BCUT2D eigenvalue weighted by Crippen LogP contribution is 2.20. The maximum absolute atomic E-state index is 6.03. The summed E-state index contributed by atoms with van der Waals surface area (Å²) in [6.07, 6.45) is 1.75. The maximum Gasteiger partial charge on any atom is 0.158 e. The first-order chi connectivity index (χ1) is 9.62. The molecule has 2 N–H and O–H groups in total. The number of nitrogens with two attached hydrogens (primary N) is 1. The molecule has 5 heteroatoms. The first-order valence-electron chi connectivity index (χ1n) is 7.56. The molecule has 2 atom stereocenters. The summed E-state index contributed by atoms with van der Waals surface area (Å²) < 4.78 is 5.84. The standard InChI is InChI=1S/C15H26N4O/c1-4-12(16)9-13-8-11(3)17-15(18-13)14-10-19(5-2)6-7-20-14/h8,12,14H,4-7,9-10,16H2,1-3H3. The van der Waals surface area contributed by atoms with Gasteiger partial charge in [0.25, 0.3) is 0 Å². The topological polar surface area (TPSA) is 64.3 Å². The summed E-state index contributed by atoms with van der Waals surface area (Å²) >= 11 is 0. The van der Waals surface area contributed by atoms with Gasteiger partial charge in [-0.15, -0.1) is 0 Å². The third kappa shape index (κ3) is 3.98. The largest absolute Gasteiger partial charge is 0.368 e. The number of rotatable bonds is 5. The van der Waals surface area contributed by atoms with Crippen molar-refractivity contribution in [1.82, 2.24) is 14.9 Å². The Morgan fingerprint density at radius 2 is 2.25 bits per heavy atom. The molecule has 2 unspecified atom stereocenters. The van der Waals surface area contributed by atoms with E-state index in [1.807, 2.05) is 13.0 Å². The van der Waals surface area contributed by atoms with Crippen LogP contribution >= 0.6 is 0 Å². The molecule has 0 radical (unpaired) electrons. The van der Waals surface area contributed by atoms with Gasteiger partial charge in [-0.3, -0.25) is 4.90 Å². The predicted molar refractivity (Wildman–Crippen MR) is 79.5 cm³/mol. The van der Waals surface area contributed by atoms with Crippen molar-refractivity contribution >= 4 is 0 Å². The summed E-state index contributed by atoms with van der Waals surface area (Å²) in [6.45, 7) is 9.94. The van der Waals surface area contributed by atoms with Crippen LogP contribution in [0.25, 0.3) is 0 Å². The van der Waals surface area contributed by atoms with E-state index in [1.54, 1.807) is 0 Å². The second kappa shape index (κ2) is 7.11. The van der Waals surface area contributed by atoms with E-state index in [4.69, 9.17) is 10.5 Å². The summed E-state index contributed by atoms with van der Waals surface area (Å²) in [4.78, 5) is 11.6. The average molecular weight is 278 g/mol. The summed E-state index contributed by atoms with van der Waals surface area (Å²) in [5, 5.41) is 0. The summed E-state index contributed by atoms with van der Waals surface area (Å²) in [6, 6.07) is 2.19. The quantitative estimate of drug-likeness (QED) is 0.883. The van der Waals surface area contributed by atoms with E-state index in [2.05, 4.69) is 28.7 Å². The maximum atomic E-state index is 6.03. The Morgan fingerprint density at radius 1 is 1.45 bits per heavy atom. The first kappa shape index (κ1) is 15.4. The molecule has 0 aliphatic carbocycles. The first-order valence-corrected chi connectivity index (χ1v) is 7.56. The fourth-order valence-electron chi connectivity index (χ4n) is 2.47. The van der Waals surface area contributed by atoms with Gasteiger partial charge in [0.2, 0.25) is 0 Å². The Labute approximate surface area is 121 Å². The van der Waals surface area contributed by atoms with Crippen LogP contribution in [-0.4, -0.2) is 47.2 Å². The van der Waals surface area contributed by atoms with Crippen LogP contribution in [0.5, 0.6) is 0 Å². The number of aryl methyl sites for hydroxylation is 1. The minimum Gasteiger partial charge on any atom is -0.368 e. The highest BCUT2D eigenvalue weighted by molar-refractivity contribution is 5.13.